The van der Waals surface area contributed by atoms with Crippen molar-refractivity contribution in [2.24, 2.45) is 0 Å². The van der Waals surface area contributed by atoms with Crippen molar-refractivity contribution in [3.8, 4) is 0 Å². The van der Waals surface area contributed by atoms with Crippen molar-refractivity contribution in [3.05, 3.63) is 84.3 Å². The predicted molar refractivity (Wildman–Crippen MR) is 118 cm³/mol. The molecule has 1 N–H and O–H groups in total. The molecule has 8 heteroatoms. The maximum atomic E-state index is 12.5. The number of rotatable bonds is 6. The van der Waals surface area contributed by atoms with Crippen LogP contribution in [0.15, 0.2) is 73.2 Å². The highest BCUT2D eigenvalue weighted by Crippen LogP contribution is 2.22. The van der Waals surface area contributed by atoms with Gasteiger partial charge in [0.2, 0.25) is 11.8 Å². The summed E-state index contributed by atoms with van der Waals surface area (Å²) in [5.41, 5.74) is 3.27. The highest BCUT2D eigenvalue weighted by atomic mass is 16.2. The summed E-state index contributed by atoms with van der Waals surface area (Å²) < 4.78 is 1.43. The number of carbonyl (C=O) groups is 2. The Labute approximate surface area is 179 Å². The van der Waals surface area contributed by atoms with Crippen molar-refractivity contribution in [2.75, 3.05) is 18.4 Å². The summed E-state index contributed by atoms with van der Waals surface area (Å²) >= 11 is 0. The minimum Gasteiger partial charge on any atom is -0.335 e. The second kappa shape index (κ2) is 9.62. The van der Waals surface area contributed by atoms with Gasteiger partial charge in [0.15, 0.2) is 0 Å². The number of nitrogens with zero attached hydrogens (tertiary/aromatic N) is 5. The van der Waals surface area contributed by atoms with Crippen LogP contribution in [0.5, 0.6) is 0 Å². The molecule has 3 heterocycles. The quantitative estimate of drug-likeness (QED) is 0.626. The first-order chi connectivity index (χ1) is 15.2. The van der Waals surface area contributed by atoms with Gasteiger partial charge in [0, 0.05) is 31.6 Å². The van der Waals surface area contributed by atoms with Crippen LogP contribution >= 0.6 is 0 Å². The third-order valence-electron chi connectivity index (χ3n) is 4.92. The topological polar surface area (TPSA) is 93.0 Å². The molecule has 8 nitrogen and oxygen atoms in total. The SMILES string of the molecule is O=C(Cn1ccnn1)Nc1ccc(C=CC(=O)N2CC=C(c3ccccc3)CC2)cn1. The van der Waals surface area contributed by atoms with Gasteiger partial charge in [-0.05, 0) is 41.3 Å². The van der Waals surface area contributed by atoms with Crippen LogP contribution in [0.2, 0.25) is 0 Å². The van der Waals surface area contributed by atoms with Gasteiger partial charge in [-0.25, -0.2) is 9.67 Å². The summed E-state index contributed by atoms with van der Waals surface area (Å²) in [6, 6.07) is 13.7. The van der Waals surface area contributed by atoms with Gasteiger partial charge < -0.3 is 10.2 Å². The Hall–Kier alpha value is -4.07. The Bertz CT molecular complexity index is 1090. The largest absolute Gasteiger partial charge is 0.335 e. The van der Waals surface area contributed by atoms with Crippen LogP contribution in [0.1, 0.15) is 17.5 Å². The van der Waals surface area contributed by atoms with Crippen LogP contribution in [-0.2, 0) is 16.1 Å². The van der Waals surface area contributed by atoms with Crippen molar-refractivity contribution in [2.45, 2.75) is 13.0 Å². The smallest absolute Gasteiger partial charge is 0.247 e. The first-order valence-corrected chi connectivity index (χ1v) is 9.99. The number of amides is 2. The molecule has 31 heavy (non-hydrogen) atoms. The van der Waals surface area contributed by atoms with Crippen molar-refractivity contribution in [1.82, 2.24) is 24.9 Å². The molecule has 0 saturated carbocycles. The van der Waals surface area contributed by atoms with E-state index >= 15 is 0 Å². The third kappa shape index (κ3) is 5.51. The van der Waals surface area contributed by atoms with Gasteiger partial charge in [0.05, 0.1) is 6.20 Å². The summed E-state index contributed by atoms with van der Waals surface area (Å²) in [6.45, 7) is 1.36. The number of hydrogen-bond donors (Lipinski definition) is 1. The Morgan fingerprint density at radius 1 is 1.13 bits per heavy atom. The van der Waals surface area contributed by atoms with E-state index in [0.717, 1.165) is 12.0 Å². The molecule has 2 aromatic heterocycles. The van der Waals surface area contributed by atoms with Gasteiger partial charge in [-0.15, -0.1) is 5.10 Å². The van der Waals surface area contributed by atoms with Crippen LogP contribution < -0.4 is 5.32 Å². The zero-order valence-corrected chi connectivity index (χ0v) is 16.9. The molecule has 0 atom stereocenters. The summed E-state index contributed by atoms with van der Waals surface area (Å²) in [4.78, 5) is 30.5. The number of aromatic nitrogens is 4. The van der Waals surface area contributed by atoms with Crippen LogP contribution in [0.25, 0.3) is 11.6 Å². The van der Waals surface area contributed by atoms with E-state index in [0.29, 0.717) is 18.9 Å². The zero-order chi connectivity index (χ0) is 21.5. The van der Waals surface area contributed by atoms with E-state index in [1.807, 2.05) is 23.1 Å². The summed E-state index contributed by atoms with van der Waals surface area (Å²) in [7, 11) is 0. The second-order valence-corrected chi connectivity index (χ2v) is 7.09. The van der Waals surface area contributed by atoms with Crippen molar-refractivity contribution in [1.29, 1.82) is 0 Å². The van der Waals surface area contributed by atoms with E-state index in [9.17, 15) is 9.59 Å². The minimum atomic E-state index is -0.246. The summed E-state index contributed by atoms with van der Waals surface area (Å²) in [6.07, 6.45) is 11.0. The molecule has 0 saturated heterocycles. The molecule has 0 bridgehead atoms. The molecule has 3 aromatic rings. The average Bonchev–Trinajstić information content (AvgIpc) is 3.32. The first kappa shape index (κ1) is 20.2. The van der Waals surface area contributed by atoms with Gasteiger partial charge in [0.25, 0.3) is 0 Å². The monoisotopic (exact) mass is 414 g/mol. The number of pyridine rings is 1. The molecule has 1 aliphatic heterocycles. The highest BCUT2D eigenvalue weighted by Gasteiger charge is 2.15. The molecular formula is C23H22N6O2. The maximum Gasteiger partial charge on any atom is 0.247 e. The highest BCUT2D eigenvalue weighted by molar-refractivity contribution is 5.92. The maximum absolute atomic E-state index is 12.5. The fourth-order valence-corrected chi connectivity index (χ4v) is 3.28. The number of nitrogens with one attached hydrogen (secondary N) is 1. The van der Waals surface area contributed by atoms with Crippen LogP contribution in [0.3, 0.4) is 0 Å². The summed E-state index contributed by atoms with van der Waals surface area (Å²) in [5, 5.41) is 10.1. The Morgan fingerprint density at radius 2 is 2.00 bits per heavy atom. The van der Waals surface area contributed by atoms with Gasteiger partial charge in [-0.1, -0.05) is 41.6 Å². The van der Waals surface area contributed by atoms with E-state index < -0.39 is 0 Å². The Morgan fingerprint density at radius 3 is 2.68 bits per heavy atom. The van der Waals surface area contributed by atoms with Crippen LogP contribution in [0, 0.1) is 0 Å². The van der Waals surface area contributed by atoms with Gasteiger partial charge in [-0.3, -0.25) is 9.59 Å². The van der Waals surface area contributed by atoms with Crippen molar-refractivity contribution >= 4 is 29.3 Å². The minimum absolute atomic E-state index is 0.0337. The molecule has 0 spiro atoms. The molecule has 0 fully saturated rings. The number of carbonyl (C=O) groups excluding carboxylic acids is 2. The first-order valence-electron chi connectivity index (χ1n) is 9.99. The Kier molecular flexibility index (Phi) is 6.27. The molecule has 2 amide bonds. The normalized spacial score (nSPS) is 13.8. The van der Waals surface area contributed by atoms with Gasteiger partial charge >= 0.3 is 0 Å². The van der Waals surface area contributed by atoms with E-state index in [2.05, 4.69) is 38.8 Å². The van der Waals surface area contributed by atoms with Crippen LogP contribution in [0.4, 0.5) is 5.82 Å². The molecule has 0 unspecified atom stereocenters. The van der Waals surface area contributed by atoms with Crippen molar-refractivity contribution in [3.63, 3.8) is 0 Å². The fraction of sp³-hybridized carbons (Fsp3) is 0.174. The lowest BCUT2D eigenvalue weighted by Gasteiger charge is -2.25. The molecule has 0 radical (unpaired) electrons. The fourth-order valence-electron chi connectivity index (χ4n) is 3.28. The number of benzene rings is 1. The van der Waals surface area contributed by atoms with Gasteiger partial charge in [0.1, 0.15) is 12.4 Å². The molecule has 0 aliphatic carbocycles. The summed E-state index contributed by atoms with van der Waals surface area (Å²) in [5.74, 6) is 0.154. The van der Waals surface area contributed by atoms with E-state index in [-0.39, 0.29) is 18.4 Å². The molecule has 1 aliphatic rings. The second-order valence-electron chi connectivity index (χ2n) is 7.09. The van der Waals surface area contributed by atoms with E-state index in [1.165, 1.54) is 22.0 Å². The predicted octanol–water partition coefficient (Wildman–Crippen LogP) is 2.64. The van der Waals surface area contributed by atoms with E-state index in [1.54, 1.807) is 36.7 Å². The molecular weight excluding hydrogens is 392 g/mol. The average molecular weight is 414 g/mol. The van der Waals surface area contributed by atoms with Crippen molar-refractivity contribution < 1.29 is 9.59 Å². The molecule has 156 valence electrons. The number of hydrogen-bond acceptors (Lipinski definition) is 5. The van der Waals surface area contributed by atoms with Crippen LogP contribution in [-0.4, -0.2) is 49.8 Å². The van der Waals surface area contributed by atoms with E-state index in [4.69, 9.17) is 0 Å². The lowest BCUT2D eigenvalue weighted by atomic mass is 9.99. The lowest BCUT2D eigenvalue weighted by Crippen LogP contribution is -2.33. The molecule has 1 aromatic carbocycles. The molecule has 4 rings (SSSR count). The number of anilines is 1. The lowest BCUT2D eigenvalue weighted by molar-refractivity contribution is -0.125. The van der Waals surface area contributed by atoms with Gasteiger partial charge in [-0.2, -0.15) is 0 Å². The Balaban J connectivity index is 1.29. The standard InChI is InChI=1S/C23H22N6O2/c30-22(17-29-15-12-25-27-29)26-21-8-6-18(16-24-21)7-9-23(31)28-13-10-20(11-14-28)19-4-2-1-3-5-19/h1-10,12,15-16H,11,13-14,17H2,(H,24,26,30). The zero-order valence-electron chi connectivity index (χ0n) is 16.9. The third-order valence-corrected chi connectivity index (χ3v) is 4.92.